The van der Waals surface area contributed by atoms with Crippen molar-refractivity contribution >= 4 is 33.3 Å². The van der Waals surface area contributed by atoms with E-state index in [0.29, 0.717) is 11.5 Å². The highest BCUT2D eigenvalue weighted by Crippen LogP contribution is 2.40. The molecule has 1 saturated heterocycles. The zero-order valence-corrected chi connectivity index (χ0v) is 17.3. The molecule has 1 fully saturated rings. The summed E-state index contributed by atoms with van der Waals surface area (Å²) >= 11 is 1.44. The van der Waals surface area contributed by atoms with E-state index in [1.165, 1.54) is 22.5 Å². The molecule has 0 radical (unpaired) electrons. The lowest BCUT2D eigenvalue weighted by atomic mass is 9.85. The van der Waals surface area contributed by atoms with Gasteiger partial charge in [0.15, 0.2) is 0 Å². The van der Waals surface area contributed by atoms with Crippen LogP contribution in [0.15, 0.2) is 6.07 Å². The number of morpholine rings is 1. The van der Waals surface area contributed by atoms with Gasteiger partial charge in [0.25, 0.3) is 0 Å². The number of hydrogen-bond donors (Lipinski definition) is 0. The first-order chi connectivity index (χ1) is 12.9. The van der Waals surface area contributed by atoms with E-state index >= 15 is 0 Å². The van der Waals surface area contributed by atoms with Crippen LogP contribution >= 0.6 is 11.3 Å². The second-order valence-corrected chi connectivity index (χ2v) is 8.92. The van der Waals surface area contributed by atoms with Crippen LogP contribution in [0.4, 0.5) is 5.82 Å². The number of aromatic nitrogens is 1. The first kappa shape index (κ1) is 18.7. The van der Waals surface area contributed by atoms with Crippen molar-refractivity contribution < 1.29 is 14.3 Å². The number of carbonyl (C=O) groups excluding carboxylic acids is 1. The van der Waals surface area contributed by atoms with Crippen LogP contribution < -0.4 is 4.90 Å². The second-order valence-electron chi connectivity index (χ2n) is 7.89. The fourth-order valence-corrected chi connectivity index (χ4v) is 4.82. The maximum absolute atomic E-state index is 12.3. The normalized spacial score (nSPS) is 19.9. The number of ether oxygens (including phenoxy) is 2. The molecule has 2 aromatic heterocycles. The molecule has 0 atom stereocenters. The van der Waals surface area contributed by atoms with Gasteiger partial charge in [-0.1, -0.05) is 0 Å². The van der Waals surface area contributed by atoms with Gasteiger partial charge in [0.2, 0.25) is 0 Å². The van der Waals surface area contributed by atoms with E-state index in [9.17, 15) is 4.79 Å². The minimum Gasteiger partial charge on any atom is -0.462 e. The van der Waals surface area contributed by atoms with Gasteiger partial charge >= 0.3 is 5.97 Å². The molecule has 0 aliphatic carbocycles. The van der Waals surface area contributed by atoms with Gasteiger partial charge in [0.05, 0.1) is 19.8 Å². The number of anilines is 1. The number of pyridine rings is 1. The molecule has 146 valence electrons. The maximum atomic E-state index is 12.3. The summed E-state index contributed by atoms with van der Waals surface area (Å²) in [5.41, 5.74) is 2.69. The van der Waals surface area contributed by atoms with Crippen LogP contribution in [0.3, 0.4) is 0 Å². The van der Waals surface area contributed by atoms with Crippen molar-refractivity contribution in [1.82, 2.24) is 9.88 Å². The van der Waals surface area contributed by atoms with Gasteiger partial charge in [-0.05, 0) is 45.9 Å². The standard InChI is InChI=1S/C20H27N3O3S/c1-5-26-19(24)16-10-13-14-11-20(2,3)22(4)12-15(14)17(21-18(13)27-16)23-6-8-25-9-7-23/h10H,5-9,11-12H2,1-4H3. The van der Waals surface area contributed by atoms with Crippen LogP contribution in [0.25, 0.3) is 10.2 Å². The summed E-state index contributed by atoms with van der Waals surface area (Å²) in [5.74, 6) is 0.801. The number of carbonyl (C=O) groups is 1. The van der Waals surface area contributed by atoms with Crippen molar-refractivity contribution in [3.63, 3.8) is 0 Å². The number of rotatable bonds is 3. The Kier molecular flexibility index (Phi) is 4.86. The third-order valence-corrected chi connectivity index (χ3v) is 6.71. The Labute approximate surface area is 164 Å². The summed E-state index contributed by atoms with van der Waals surface area (Å²) in [7, 11) is 2.17. The quantitative estimate of drug-likeness (QED) is 0.752. The van der Waals surface area contributed by atoms with Crippen molar-refractivity contribution in [3.8, 4) is 0 Å². The zero-order valence-electron chi connectivity index (χ0n) is 16.5. The third kappa shape index (κ3) is 3.32. The molecule has 27 heavy (non-hydrogen) atoms. The highest BCUT2D eigenvalue weighted by atomic mass is 32.1. The number of hydrogen-bond acceptors (Lipinski definition) is 7. The predicted octanol–water partition coefficient (Wildman–Crippen LogP) is 3.08. The highest BCUT2D eigenvalue weighted by Gasteiger charge is 2.35. The molecule has 2 aromatic rings. The summed E-state index contributed by atoms with van der Waals surface area (Å²) in [6.07, 6.45) is 0.939. The van der Waals surface area contributed by atoms with Gasteiger partial charge in [0.1, 0.15) is 15.5 Å². The molecule has 4 heterocycles. The molecular weight excluding hydrogens is 362 g/mol. The van der Waals surface area contributed by atoms with E-state index < -0.39 is 0 Å². The van der Waals surface area contributed by atoms with Crippen molar-refractivity contribution in [2.45, 2.75) is 39.3 Å². The number of fused-ring (bicyclic) bond motifs is 3. The van der Waals surface area contributed by atoms with E-state index in [1.807, 2.05) is 13.0 Å². The zero-order chi connectivity index (χ0) is 19.2. The van der Waals surface area contributed by atoms with Crippen molar-refractivity contribution in [3.05, 3.63) is 22.1 Å². The lowest BCUT2D eigenvalue weighted by Crippen LogP contribution is -2.47. The molecule has 0 unspecified atom stereocenters. The van der Waals surface area contributed by atoms with Crippen LogP contribution in [0.5, 0.6) is 0 Å². The van der Waals surface area contributed by atoms with Crippen molar-refractivity contribution in [1.29, 1.82) is 0 Å². The summed E-state index contributed by atoms with van der Waals surface area (Å²) in [6, 6.07) is 1.98. The van der Waals surface area contributed by atoms with Crippen LogP contribution in [-0.4, -0.2) is 61.3 Å². The molecule has 2 aliphatic rings. The van der Waals surface area contributed by atoms with Gasteiger partial charge < -0.3 is 14.4 Å². The summed E-state index contributed by atoms with van der Waals surface area (Å²) in [5, 5.41) is 1.11. The number of nitrogens with zero attached hydrogens (tertiary/aromatic N) is 3. The topological polar surface area (TPSA) is 54.9 Å². The molecule has 0 spiro atoms. The number of likely N-dealkylation sites (N-methyl/N-ethyl adjacent to an activating group) is 1. The summed E-state index contributed by atoms with van der Waals surface area (Å²) in [6.45, 7) is 10.8. The largest absolute Gasteiger partial charge is 0.462 e. The van der Waals surface area contributed by atoms with Gasteiger partial charge in [-0.25, -0.2) is 9.78 Å². The first-order valence-electron chi connectivity index (χ1n) is 9.57. The van der Waals surface area contributed by atoms with Crippen LogP contribution in [0.2, 0.25) is 0 Å². The molecule has 0 aromatic carbocycles. The summed E-state index contributed by atoms with van der Waals surface area (Å²) < 4.78 is 10.7. The third-order valence-electron chi connectivity index (χ3n) is 5.70. The fraction of sp³-hybridized carbons (Fsp3) is 0.600. The van der Waals surface area contributed by atoms with Crippen LogP contribution in [-0.2, 0) is 22.4 Å². The Morgan fingerprint density at radius 3 is 2.78 bits per heavy atom. The van der Waals surface area contributed by atoms with E-state index in [1.54, 1.807) is 0 Å². The Bertz CT molecular complexity index is 871. The van der Waals surface area contributed by atoms with Crippen molar-refractivity contribution in [2.24, 2.45) is 0 Å². The Hall–Kier alpha value is -1.70. The lowest BCUT2D eigenvalue weighted by molar-refractivity contribution is 0.0532. The van der Waals surface area contributed by atoms with E-state index in [2.05, 4.69) is 30.7 Å². The SMILES string of the molecule is CCOC(=O)c1cc2c3c(c(N4CCOCC4)nc2s1)CN(C)C(C)(C)C3. The molecule has 0 amide bonds. The van der Waals surface area contributed by atoms with Gasteiger partial charge in [-0.15, -0.1) is 11.3 Å². The average Bonchev–Trinajstić information content (AvgIpc) is 3.08. The fourth-order valence-electron chi connectivity index (χ4n) is 3.87. The van der Waals surface area contributed by atoms with Crippen molar-refractivity contribution in [2.75, 3.05) is 44.9 Å². The first-order valence-corrected chi connectivity index (χ1v) is 10.4. The minimum absolute atomic E-state index is 0.0651. The summed E-state index contributed by atoms with van der Waals surface area (Å²) in [4.78, 5) is 23.6. The Morgan fingerprint density at radius 1 is 1.33 bits per heavy atom. The molecule has 2 aliphatic heterocycles. The number of thiophene rings is 1. The Balaban J connectivity index is 1.87. The van der Waals surface area contributed by atoms with Crippen LogP contribution in [0, 0.1) is 0 Å². The van der Waals surface area contributed by atoms with Gasteiger partial charge in [-0.2, -0.15) is 0 Å². The molecule has 0 N–H and O–H groups in total. The van der Waals surface area contributed by atoms with Gasteiger partial charge in [0, 0.05) is 36.1 Å². The molecule has 0 bridgehead atoms. The average molecular weight is 390 g/mol. The van der Waals surface area contributed by atoms with E-state index in [0.717, 1.165) is 55.3 Å². The number of esters is 1. The van der Waals surface area contributed by atoms with Crippen LogP contribution in [0.1, 0.15) is 41.6 Å². The molecule has 0 saturated carbocycles. The molecule has 4 rings (SSSR count). The second kappa shape index (κ2) is 7.04. The Morgan fingerprint density at radius 2 is 2.07 bits per heavy atom. The smallest absolute Gasteiger partial charge is 0.348 e. The molecular formula is C20H27N3O3S. The molecule has 7 heteroatoms. The van der Waals surface area contributed by atoms with Gasteiger partial charge in [-0.3, -0.25) is 4.90 Å². The van der Waals surface area contributed by atoms with E-state index in [4.69, 9.17) is 14.5 Å². The minimum atomic E-state index is -0.255. The lowest BCUT2D eigenvalue weighted by Gasteiger charge is -2.42. The van der Waals surface area contributed by atoms with E-state index in [-0.39, 0.29) is 11.5 Å². The predicted molar refractivity (Wildman–Crippen MR) is 108 cm³/mol. The maximum Gasteiger partial charge on any atom is 0.348 e. The molecule has 6 nitrogen and oxygen atoms in total. The highest BCUT2D eigenvalue weighted by molar-refractivity contribution is 7.20. The monoisotopic (exact) mass is 389 g/mol.